The number of ether oxygens (including phenoxy) is 1. The summed E-state index contributed by atoms with van der Waals surface area (Å²) >= 11 is 5.29. The van der Waals surface area contributed by atoms with E-state index in [2.05, 4.69) is 19.2 Å². The molecule has 1 fully saturated rings. The fourth-order valence-corrected chi connectivity index (χ4v) is 4.07. The van der Waals surface area contributed by atoms with Crippen LogP contribution in [0.25, 0.3) is 6.08 Å². The van der Waals surface area contributed by atoms with E-state index in [1.54, 1.807) is 36.4 Å². The lowest BCUT2D eigenvalue weighted by Crippen LogP contribution is -2.54. The molecule has 3 aromatic carbocycles. The van der Waals surface area contributed by atoms with E-state index in [4.69, 9.17) is 17.0 Å². The molecule has 1 aliphatic rings. The van der Waals surface area contributed by atoms with Crippen LogP contribution in [0.1, 0.15) is 42.9 Å². The van der Waals surface area contributed by atoms with Crippen LogP contribution in [0.5, 0.6) is 5.75 Å². The van der Waals surface area contributed by atoms with Crippen LogP contribution in [0.15, 0.2) is 78.4 Å². The van der Waals surface area contributed by atoms with Gasteiger partial charge in [-0.1, -0.05) is 38.1 Å². The second-order valence-electron chi connectivity index (χ2n) is 8.64. The molecule has 0 aliphatic carbocycles. The molecule has 1 aliphatic heterocycles. The van der Waals surface area contributed by atoms with Gasteiger partial charge in [-0.25, -0.2) is 0 Å². The first-order valence-electron chi connectivity index (χ1n) is 11.7. The molecule has 188 valence electrons. The Kier molecular flexibility index (Phi) is 7.74. The van der Waals surface area contributed by atoms with Crippen molar-refractivity contribution in [3.8, 4) is 5.75 Å². The summed E-state index contributed by atoms with van der Waals surface area (Å²) < 4.78 is 5.74. The Labute approximate surface area is 219 Å². The maximum Gasteiger partial charge on any atom is 0.270 e. The van der Waals surface area contributed by atoms with Gasteiger partial charge in [0.25, 0.3) is 17.5 Å². The largest absolute Gasteiger partial charge is 0.489 e. The number of nitrogens with one attached hydrogen (secondary N) is 1. The monoisotopic (exact) mass is 515 g/mol. The van der Waals surface area contributed by atoms with Gasteiger partial charge in [0.15, 0.2) is 5.11 Å². The van der Waals surface area contributed by atoms with E-state index in [0.717, 1.165) is 17.5 Å². The number of anilines is 1. The Morgan fingerprint density at radius 3 is 2.27 bits per heavy atom. The summed E-state index contributed by atoms with van der Waals surface area (Å²) in [5.74, 6) is -0.0806. The zero-order valence-corrected chi connectivity index (χ0v) is 21.2. The van der Waals surface area contributed by atoms with Crippen LogP contribution in [-0.4, -0.2) is 21.9 Å². The van der Waals surface area contributed by atoms with Gasteiger partial charge in [0.2, 0.25) is 0 Å². The van der Waals surface area contributed by atoms with Crippen LogP contribution in [-0.2, 0) is 16.2 Å². The van der Waals surface area contributed by atoms with Crippen molar-refractivity contribution in [2.24, 2.45) is 0 Å². The minimum absolute atomic E-state index is 0.0184. The van der Waals surface area contributed by atoms with Crippen molar-refractivity contribution < 1.29 is 19.2 Å². The normalized spacial score (nSPS) is 15.5. The first-order valence-corrected chi connectivity index (χ1v) is 12.1. The van der Waals surface area contributed by atoms with E-state index in [1.807, 2.05) is 24.3 Å². The van der Waals surface area contributed by atoms with Crippen LogP contribution in [0, 0.1) is 10.1 Å². The van der Waals surface area contributed by atoms with E-state index >= 15 is 0 Å². The number of nitro groups is 1. The third-order valence-electron chi connectivity index (χ3n) is 6.18. The number of nitro benzene ring substituents is 1. The van der Waals surface area contributed by atoms with Gasteiger partial charge in [-0.3, -0.25) is 29.9 Å². The minimum Gasteiger partial charge on any atom is -0.489 e. The Bertz CT molecular complexity index is 1370. The molecule has 4 rings (SSSR count). The Morgan fingerprint density at radius 1 is 1.03 bits per heavy atom. The van der Waals surface area contributed by atoms with Crippen LogP contribution < -0.4 is 15.0 Å². The molecule has 9 heteroatoms. The molecule has 1 unspecified atom stereocenters. The molecule has 1 heterocycles. The fraction of sp³-hybridized carbons (Fsp3) is 0.179. The molecule has 1 atom stereocenters. The molecule has 0 spiro atoms. The summed E-state index contributed by atoms with van der Waals surface area (Å²) in [5.41, 5.74) is 3.17. The smallest absolute Gasteiger partial charge is 0.270 e. The van der Waals surface area contributed by atoms with Gasteiger partial charge < -0.3 is 4.74 Å². The Hall–Kier alpha value is -4.37. The quantitative estimate of drug-likeness (QED) is 0.139. The number of nitrogens with zero attached hydrogens (tertiary/aromatic N) is 2. The maximum absolute atomic E-state index is 13.3. The van der Waals surface area contributed by atoms with Crippen molar-refractivity contribution in [2.45, 2.75) is 32.8 Å². The van der Waals surface area contributed by atoms with Gasteiger partial charge in [-0.15, -0.1) is 0 Å². The van der Waals surface area contributed by atoms with Gasteiger partial charge in [-0.2, -0.15) is 0 Å². The standard InChI is InChI=1S/C28H25N3O5S/c1-3-18(2)21-8-12-22(13-9-21)30-27(33)25(26(32)29-28(30)37)16-19-6-14-24(15-7-19)36-17-20-4-10-23(11-5-20)31(34)35/h4-16,18H,3,17H2,1-2H3,(H,29,32,37). The molecular formula is C28H25N3O5S. The van der Waals surface area contributed by atoms with Crippen molar-refractivity contribution >= 4 is 46.6 Å². The number of hydrogen-bond donors (Lipinski definition) is 1. The van der Waals surface area contributed by atoms with Crippen molar-refractivity contribution in [3.05, 3.63) is 105 Å². The van der Waals surface area contributed by atoms with E-state index in [9.17, 15) is 19.7 Å². The van der Waals surface area contributed by atoms with Gasteiger partial charge in [0.1, 0.15) is 17.9 Å². The van der Waals surface area contributed by atoms with Crippen LogP contribution >= 0.6 is 12.2 Å². The lowest BCUT2D eigenvalue weighted by atomic mass is 9.98. The van der Waals surface area contributed by atoms with Crippen molar-refractivity contribution in [1.29, 1.82) is 0 Å². The molecule has 8 nitrogen and oxygen atoms in total. The second-order valence-corrected chi connectivity index (χ2v) is 9.03. The molecule has 0 radical (unpaired) electrons. The number of hydrogen-bond acceptors (Lipinski definition) is 6. The highest BCUT2D eigenvalue weighted by molar-refractivity contribution is 7.80. The van der Waals surface area contributed by atoms with Crippen molar-refractivity contribution in [2.75, 3.05) is 4.90 Å². The lowest BCUT2D eigenvalue weighted by Gasteiger charge is -2.29. The van der Waals surface area contributed by atoms with Crippen LogP contribution in [0.2, 0.25) is 0 Å². The number of carbonyl (C=O) groups excluding carboxylic acids is 2. The molecular weight excluding hydrogens is 490 g/mol. The SMILES string of the molecule is CCC(C)c1ccc(N2C(=O)C(=Cc3ccc(OCc4ccc([N+](=O)[O-])cc4)cc3)C(=O)NC2=S)cc1. The highest BCUT2D eigenvalue weighted by atomic mass is 32.1. The molecule has 1 saturated heterocycles. The summed E-state index contributed by atoms with van der Waals surface area (Å²) in [4.78, 5) is 37.5. The summed E-state index contributed by atoms with van der Waals surface area (Å²) in [6.45, 7) is 4.49. The molecule has 0 saturated carbocycles. The topological polar surface area (TPSA) is 102 Å². The molecule has 0 aromatic heterocycles. The number of benzene rings is 3. The minimum atomic E-state index is -0.555. The van der Waals surface area contributed by atoms with E-state index < -0.39 is 16.7 Å². The molecule has 37 heavy (non-hydrogen) atoms. The number of rotatable bonds is 8. The lowest BCUT2D eigenvalue weighted by molar-refractivity contribution is -0.384. The molecule has 2 amide bonds. The summed E-state index contributed by atoms with van der Waals surface area (Å²) in [5, 5.41) is 13.4. The fourth-order valence-electron chi connectivity index (χ4n) is 3.79. The third-order valence-corrected chi connectivity index (χ3v) is 6.46. The number of carbonyl (C=O) groups is 2. The average Bonchev–Trinajstić information content (AvgIpc) is 2.90. The molecule has 0 bridgehead atoms. The second kappa shape index (κ2) is 11.1. The average molecular weight is 516 g/mol. The zero-order chi connectivity index (χ0) is 26.5. The number of amides is 2. The number of thiocarbonyl (C=S) groups is 1. The van der Waals surface area contributed by atoms with E-state index in [-0.39, 0.29) is 23.0 Å². The van der Waals surface area contributed by atoms with Crippen molar-refractivity contribution in [3.63, 3.8) is 0 Å². The molecule has 1 N–H and O–H groups in total. The van der Waals surface area contributed by atoms with Crippen LogP contribution in [0.4, 0.5) is 11.4 Å². The van der Waals surface area contributed by atoms with Gasteiger partial charge >= 0.3 is 0 Å². The number of non-ortho nitro benzene ring substituents is 1. The van der Waals surface area contributed by atoms with Gasteiger partial charge in [0, 0.05) is 12.1 Å². The summed E-state index contributed by atoms with van der Waals surface area (Å²) in [6, 6.07) is 20.6. The highest BCUT2D eigenvalue weighted by Crippen LogP contribution is 2.26. The maximum atomic E-state index is 13.3. The first-order chi connectivity index (χ1) is 17.8. The van der Waals surface area contributed by atoms with E-state index in [1.165, 1.54) is 23.1 Å². The highest BCUT2D eigenvalue weighted by Gasteiger charge is 2.34. The van der Waals surface area contributed by atoms with Gasteiger partial charge in [-0.05, 0) is 83.7 Å². The summed E-state index contributed by atoms with van der Waals surface area (Å²) in [7, 11) is 0. The predicted molar refractivity (Wildman–Crippen MR) is 145 cm³/mol. The van der Waals surface area contributed by atoms with Crippen molar-refractivity contribution in [1.82, 2.24) is 5.32 Å². The van der Waals surface area contributed by atoms with Crippen LogP contribution in [0.3, 0.4) is 0 Å². The first kappa shape index (κ1) is 25.7. The molecule has 3 aromatic rings. The zero-order valence-electron chi connectivity index (χ0n) is 20.3. The summed E-state index contributed by atoms with van der Waals surface area (Å²) in [6.07, 6.45) is 2.52. The van der Waals surface area contributed by atoms with Gasteiger partial charge in [0.05, 0.1) is 10.6 Å². The Morgan fingerprint density at radius 2 is 1.68 bits per heavy atom. The predicted octanol–water partition coefficient (Wildman–Crippen LogP) is 5.52. The van der Waals surface area contributed by atoms with E-state index in [0.29, 0.717) is 22.9 Å². The third kappa shape index (κ3) is 5.90. The Balaban J connectivity index is 1.47.